The van der Waals surface area contributed by atoms with E-state index in [1.165, 1.54) is 49.3 Å². The van der Waals surface area contributed by atoms with Gasteiger partial charge in [-0.15, -0.1) is 0 Å². The van der Waals surface area contributed by atoms with Gasteiger partial charge in [-0.3, -0.25) is 0 Å². The topological polar surface area (TPSA) is 27.7 Å². The molecule has 0 amide bonds. The number of ether oxygens (including phenoxy) is 3. The van der Waals surface area contributed by atoms with Gasteiger partial charge in [0.15, 0.2) is 0 Å². The van der Waals surface area contributed by atoms with Crippen molar-refractivity contribution in [3.05, 3.63) is 69.8 Å². The Balaban J connectivity index is 2.80. The lowest BCUT2D eigenvalue weighted by Gasteiger charge is -2.36. The molecule has 0 aliphatic heterocycles. The standard InChI is InChI=1S/C39H57O3P/c1-22(2)31-16-28(40-13)17-32(23(3)4)37(31)43(38-33(24(5)6)18-29(41-14)19-34(38)25(7)8)39-35(26(9)10)20-30(42-15)21-36(39)27(11)12/h16-27H,1-15H3. The smallest absolute Gasteiger partial charge is 0.119 e. The van der Waals surface area contributed by atoms with Crippen LogP contribution in [0.4, 0.5) is 0 Å². The minimum absolute atomic E-state index is 0.332. The van der Waals surface area contributed by atoms with Gasteiger partial charge in [0.25, 0.3) is 0 Å². The minimum atomic E-state index is -0.984. The molecule has 0 bridgehead atoms. The van der Waals surface area contributed by atoms with Crippen LogP contribution in [0.5, 0.6) is 17.2 Å². The molecule has 0 N–H and O–H groups in total. The SMILES string of the molecule is COc1cc(C(C)C)c(P(c2c(C(C)C)cc(OC)cc2C(C)C)c2c(C(C)C)cc(OC)cc2C(C)C)c(C(C)C)c1. The van der Waals surface area contributed by atoms with Crippen molar-refractivity contribution in [2.45, 2.75) is 119 Å². The highest BCUT2D eigenvalue weighted by molar-refractivity contribution is 7.80. The summed E-state index contributed by atoms with van der Waals surface area (Å²) in [5.41, 5.74) is 8.30. The van der Waals surface area contributed by atoms with Crippen molar-refractivity contribution in [2.75, 3.05) is 21.3 Å². The van der Waals surface area contributed by atoms with Gasteiger partial charge in [0.05, 0.1) is 21.3 Å². The van der Waals surface area contributed by atoms with Gasteiger partial charge in [-0.2, -0.15) is 0 Å². The van der Waals surface area contributed by atoms with Crippen LogP contribution in [-0.4, -0.2) is 21.3 Å². The first-order valence-corrected chi connectivity index (χ1v) is 17.5. The first kappa shape index (κ1) is 35.0. The molecular formula is C39H57O3P. The zero-order chi connectivity index (χ0) is 32.3. The van der Waals surface area contributed by atoms with Gasteiger partial charge in [0.1, 0.15) is 17.2 Å². The maximum atomic E-state index is 5.92. The molecule has 3 rings (SSSR count). The van der Waals surface area contributed by atoms with E-state index < -0.39 is 7.92 Å². The number of rotatable bonds is 12. The lowest BCUT2D eigenvalue weighted by atomic mass is 9.94. The quantitative estimate of drug-likeness (QED) is 0.193. The fraction of sp³-hybridized carbons (Fsp3) is 0.538. The lowest BCUT2D eigenvalue weighted by Crippen LogP contribution is -2.35. The summed E-state index contributed by atoms with van der Waals surface area (Å²) in [6, 6.07) is 13.8. The minimum Gasteiger partial charge on any atom is -0.497 e. The summed E-state index contributed by atoms with van der Waals surface area (Å²) in [4.78, 5) is 0. The van der Waals surface area contributed by atoms with E-state index in [1.54, 1.807) is 21.3 Å². The number of hydrogen-bond acceptors (Lipinski definition) is 3. The van der Waals surface area contributed by atoms with Crippen LogP contribution < -0.4 is 30.1 Å². The zero-order valence-corrected chi connectivity index (χ0v) is 30.5. The van der Waals surface area contributed by atoms with E-state index >= 15 is 0 Å². The van der Waals surface area contributed by atoms with Crippen LogP contribution in [0, 0.1) is 0 Å². The van der Waals surface area contributed by atoms with Crippen LogP contribution in [0.25, 0.3) is 0 Å². The van der Waals surface area contributed by atoms with Crippen molar-refractivity contribution in [1.29, 1.82) is 0 Å². The van der Waals surface area contributed by atoms with Crippen LogP contribution >= 0.6 is 7.92 Å². The first-order chi connectivity index (χ1) is 20.2. The summed E-state index contributed by atoms with van der Waals surface area (Å²) < 4.78 is 17.8. The molecule has 43 heavy (non-hydrogen) atoms. The molecule has 4 heteroatoms. The second kappa shape index (κ2) is 14.5. The first-order valence-electron chi connectivity index (χ1n) is 16.1. The molecular weight excluding hydrogens is 547 g/mol. The van der Waals surface area contributed by atoms with Crippen molar-refractivity contribution < 1.29 is 14.2 Å². The van der Waals surface area contributed by atoms with E-state index in [1.807, 2.05) is 0 Å². The van der Waals surface area contributed by atoms with E-state index in [0.717, 1.165) is 17.2 Å². The zero-order valence-electron chi connectivity index (χ0n) is 29.6. The number of hydrogen-bond donors (Lipinski definition) is 0. The highest BCUT2D eigenvalue weighted by Crippen LogP contribution is 2.49. The molecule has 3 aromatic carbocycles. The van der Waals surface area contributed by atoms with E-state index in [9.17, 15) is 0 Å². The number of benzene rings is 3. The third-order valence-electron chi connectivity index (χ3n) is 8.54. The van der Waals surface area contributed by atoms with E-state index in [4.69, 9.17) is 14.2 Å². The van der Waals surface area contributed by atoms with E-state index in [2.05, 4.69) is 119 Å². The van der Waals surface area contributed by atoms with Crippen LogP contribution in [0.15, 0.2) is 36.4 Å². The second-order valence-electron chi connectivity index (χ2n) is 13.7. The largest absolute Gasteiger partial charge is 0.497 e. The molecule has 0 unspecified atom stereocenters. The van der Waals surface area contributed by atoms with Crippen molar-refractivity contribution in [3.63, 3.8) is 0 Å². The fourth-order valence-electron chi connectivity index (χ4n) is 6.06. The maximum Gasteiger partial charge on any atom is 0.119 e. The van der Waals surface area contributed by atoms with Crippen molar-refractivity contribution in [1.82, 2.24) is 0 Å². The Labute approximate surface area is 264 Å². The Hall–Kier alpha value is -2.51. The van der Waals surface area contributed by atoms with Gasteiger partial charge in [-0.25, -0.2) is 0 Å². The van der Waals surface area contributed by atoms with Gasteiger partial charge in [-0.1, -0.05) is 83.1 Å². The van der Waals surface area contributed by atoms with Gasteiger partial charge >= 0.3 is 0 Å². The Morgan fingerprint density at radius 3 is 0.628 bits per heavy atom. The highest BCUT2D eigenvalue weighted by atomic mass is 31.1. The number of methoxy groups -OCH3 is 3. The fourth-order valence-corrected chi connectivity index (χ4v) is 10.2. The average molecular weight is 605 g/mol. The van der Waals surface area contributed by atoms with Crippen molar-refractivity contribution in [2.24, 2.45) is 0 Å². The molecule has 236 valence electrons. The summed E-state index contributed by atoms with van der Waals surface area (Å²) >= 11 is 0. The summed E-state index contributed by atoms with van der Waals surface area (Å²) in [7, 11) is 4.39. The van der Waals surface area contributed by atoms with Crippen molar-refractivity contribution >= 4 is 23.8 Å². The highest BCUT2D eigenvalue weighted by Gasteiger charge is 2.35. The molecule has 0 fully saturated rings. The van der Waals surface area contributed by atoms with Crippen molar-refractivity contribution in [3.8, 4) is 17.2 Å². The third-order valence-corrected chi connectivity index (χ3v) is 11.4. The predicted molar refractivity (Wildman–Crippen MR) is 189 cm³/mol. The Morgan fingerprint density at radius 2 is 0.512 bits per heavy atom. The molecule has 0 spiro atoms. The lowest BCUT2D eigenvalue weighted by molar-refractivity contribution is 0.413. The summed E-state index contributed by atoms with van der Waals surface area (Å²) in [6.07, 6.45) is 0. The Morgan fingerprint density at radius 1 is 0.349 bits per heavy atom. The molecule has 0 atom stereocenters. The Bertz CT molecular complexity index is 1140. The molecule has 0 saturated heterocycles. The summed E-state index contributed by atoms with van der Waals surface area (Å²) in [5.74, 6) is 4.82. The third kappa shape index (κ3) is 7.25. The monoisotopic (exact) mass is 604 g/mol. The molecule has 3 aromatic rings. The van der Waals surface area contributed by atoms with Crippen LogP contribution in [0.1, 0.15) is 152 Å². The second-order valence-corrected chi connectivity index (χ2v) is 15.7. The molecule has 0 radical (unpaired) electrons. The Kier molecular flexibility index (Phi) is 11.8. The summed E-state index contributed by atoms with van der Waals surface area (Å²) in [6.45, 7) is 28.0. The molecule has 0 aromatic heterocycles. The predicted octanol–water partition coefficient (Wildman–Crippen LogP) is 10.2. The van der Waals surface area contributed by atoms with E-state index in [0.29, 0.717) is 35.5 Å². The molecule has 0 aliphatic rings. The normalized spacial score (nSPS) is 12.1. The van der Waals surface area contributed by atoms with Gasteiger partial charge in [0.2, 0.25) is 0 Å². The molecule has 0 saturated carbocycles. The van der Waals surface area contributed by atoms with Crippen LogP contribution in [0.2, 0.25) is 0 Å². The van der Waals surface area contributed by atoms with E-state index in [-0.39, 0.29) is 0 Å². The average Bonchev–Trinajstić information content (AvgIpc) is 2.96. The van der Waals surface area contributed by atoms with Crippen LogP contribution in [0.3, 0.4) is 0 Å². The van der Waals surface area contributed by atoms with Crippen LogP contribution in [-0.2, 0) is 0 Å². The van der Waals surface area contributed by atoms with Gasteiger partial charge < -0.3 is 14.2 Å². The summed E-state index contributed by atoms with van der Waals surface area (Å²) in [5, 5.41) is 4.47. The molecule has 0 aliphatic carbocycles. The maximum absolute atomic E-state index is 5.92. The van der Waals surface area contributed by atoms with Gasteiger partial charge in [-0.05, 0) is 129 Å². The molecule has 3 nitrogen and oxygen atoms in total. The van der Waals surface area contributed by atoms with Gasteiger partial charge in [0, 0.05) is 0 Å². The molecule has 0 heterocycles.